The molecule has 2 rings (SSSR count). The van der Waals surface area contributed by atoms with Crippen LogP contribution >= 0.6 is 11.8 Å². The molecule has 1 aliphatic rings. The van der Waals surface area contributed by atoms with Gasteiger partial charge in [0.05, 0.1) is 18.4 Å². The van der Waals surface area contributed by atoms with Gasteiger partial charge in [0.1, 0.15) is 0 Å². The Morgan fingerprint density at radius 1 is 1.73 bits per heavy atom. The van der Waals surface area contributed by atoms with Gasteiger partial charge in [-0.2, -0.15) is 16.9 Å². The molecule has 4 heteroatoms. The summed E-state index contributed by atoms with van der Waals surface area (Å²) in [5, 5.41) is 13.1. The molecule has 1 aromatic heterocycles. The molecule has 0 amide bonds. The van der Waals surface area contributed by atoms with Crippen LogP contribution in [0.1, 0.15) is 12.5 Å². The molecule has 0 radical (unpaired) electrons. The number of hydrogen-bond donors (Lipinski definition) is 1. The van der Waals surface area contributed by atoms with Gasteiger partial charge >= 0.3 is 0 Å². The Bertz CT molecular complexity index is 242. The van der Waals surface area contributed by atoms with Crippen LogP contribution in [0, 0.1) is 0 Å². The lowest BCUT2D eigenvalue weighted by molar-refractivity contribution is 0.466. The Labute approximate surface area is 69.4 Å². The summed E-state index contributed by atoms with van der Waals surface area (Å²) in [4.78, 5) is 0. The SMILES string of the molecule is Oc1cnn(C2CCSC2)c1. The molecule has 0 aromatic carbocycles. The van der Waals surface area contributed by atoms with Gasteiger partial charge in [0, 0.05) is 5.75 Å². The van der Waals surface area contributed by atoms with Crippen LogP contribution in [0.25, 0.3) is 0 Å². The fraction of sp³-hybridized carbons (Fsp3) is 0.571. The van der Waals surface area contributed by atoms with Gasteiger partial charge in [-0.1, -0.05) is 0 Å². The summed E-state index contributed by atoms with van der Waals surface area (Å²) in [6.07, 6.45) is 4.35. The minimum absolute atomic E-state index is 0.266. The smallest absolute Gasteiger partial charge is 0.153 e. The van der Waals surface area contributed by atoms with Crippen molar-refractivity contribution in [2.24, 2.45) is 0 Å². The van der Waals surface area contributed by atoms with E-state index in [9.17, 15) is 0 Å². The van der Waals surface area contributed by atoms with E-state index in [1.165, 1.54) is 18.4 Å². The second kappa shape index (κ2) is 2.77. The van der Waals surface area contributed by atoms with Crippen molar-refractivity contribution in [1.29, 1.82) is 0 Å². The third kappa shape index (κ3) is 1.35. The second-order valence-corrected chi connectivity index (χ2v) is 3.85. The molecule has 1 fully saturated rings. The van der Waals surface area contributed by atoms with Crippen molar-refractivity contribution in [3.05, 3.63) is 12.4 Å². The summed E-state index contributed by atoms with van der Waals surface area (Å²) in [5.41, 5.74) is 0. The molecular weight excluding hydrogens is 160 g/mol. The highest BCUT2D eigenvalue weighted by atomic mass is 32.2. The van der Waals surface area contributed by atoms with Crippen LogP contribution in [0.3, 0.4) is 0 Å². The maximum Gasteiger partial charge on any atom is 0.153 e. The average molecular weight is 170 g/mol. The summed E-state index contributed by atoms with van der Waals surface area (Å²) in [6, 6.07) is 0.501. The highest BCUT2D eigenvalue weighted by Crippen LogP contribution is 2.27. The van der Waals surface area contributed by atoms with Crippen LogP contribution < -0.4 is 0 Å². The highest BCUT2D eigenvalue weighted by molar-refractivity contribution is 7.99. The van der Waals surface area contributed by atoms with Crippen molar-refractivity contribution in [3.63, 3.8) is 0 Å². The van der Waals surface area contributed by atoms with Crippen molar-refractivity contribution in [3.8, 4) is 5.75 Å². The number of aromatic hydroxyl groups is 1. The van der Waals surface area contributed by atoms with Gasteiger partial charge < -0.3 is 5.11 Å². The first-order valence-corrected chi connectivity index (χ1v) is 4.82. The Hall–Kier alpha value is -0.640. The van der Waals surface area contributed by atoms with Crippen LogP contribution in [0.5, 0.6) is 5.75 Å². The van der Waals surface area contributed by atoms with Gasteiger partial charge in [-0.05, 0) is 12.2 Å². The normalized spacial score (nSPS) is 24.2. The molecule has 1 aliphatic heterocycles. The zero-order valence-electron chi connectivity index (χ0n) is 6.10. The quantitative estimate of drug-likeness (QED) is 0.689. The molecule has 0 spiro atoms. The molecule has 0 aliphatic carbocycles. The van der Waals surface area contributed by atoms with Crippen LogP contribution in [0.15, 0.2) is 12.4 Å². The summed E-state index contributed by atoms with van der Waals surface area (Å²) in [7, 11) is 0. The van der Waals surface area contributed by atoms with Gasteiger partial charge in [-0.3, -0.25) is 4.68 Å². The zero-order chi connectivity index (χ0) is 7.68. The molecule has 2 heterocycles. The summed E-state index contributed by atoms with van der Waals surface area (Å²) < 4.78 is 1.86. The molecule has 11 heavy (non-hydrogen) atoms. The van der Waals surface area contributed by atoms with Crippen molar-refractivity contribution in [2.45, 2.75) is 12.5 Å². The van der Waals surface area contributed by atoms with Crippen molar-refractivity contribution < 1.29 is 5.11 Å². The minimum Gasteiger partial charge on any atom is -0.505 e. The maximum atomic E-state index is 9.02. The van der Waals surface area contributed by atoms with E-state index < -0.39 is 0 Å². The lowest BCUT2D eigenvalue weighted by atomic mass is 10.3. The van der Waals surface area contributed by atoms with Crippen LogP contribution in [0.2, 0.25) is 0 Å². The number of hydrogen-bond acceptors (Lipinski definition) is 3. The molecule has 0 bridgehead atoms. The van der Waals surface area contributed by atoms with E-state index in [0.717, 1.165) is 5.75 Å². The minimum atomic E-state index is 0.266. The standard InChI is InChI=1S/C7H10N2OS/c10-7-3-8-9(4-7)6-1-2-11-5-6/h3-4,6,10H,1-2,5H2. The molecule has 1 atom stereocenters. The van der Waals surface area contributed by atoms with E-state index in [-0.39, 0.29) is 5.75 Å². The summed E-state index contributed by atoms with van der Waals surface area (Å²) >= 11 is 1.94. The molecule has 1 unspecified atom stereocenters. The van der Waals surface area contributed by atoms with Crippen LogP contribution in [-0.4, -0.2) is 26.4 Å². The molecule has 0 saturated carbocycles. The maximum absolute atomic E-state index is 9.02. The van der Waals surface area contributed by atoms with E-state index >= 15 is 0 Å². The molecule has 1 N–H and O–H groups in total. The second-order valence-electron chi connectivity index (χ2n) is 2.70. The van der Waals surface area contributed by atoms with Gasteiger partial charge in [0.25, 0.3) is 0 Å². The topological polar surface area (TPSA) is 38.1 Å². The van der Waals surface area contributed by atoms with Gasteiger partial charge in [0.15, 0.2) is 5.75 Å². The fourth-order valence-electron chi connectivity index (χ4n) is 1.26. The fourth-order valence-corrected chi connectivity index (χ4v) is 2.46. The predicted octanol–water partition coefficient (Wildman–Crippen LogP) is 1.27. The molecule has 3 nitrogen and oxygen atoms in total. The Kier molecular flexibility index (Phi) is 1.77. The number of thioether (sulfide) groups is 1. The van der Waals surface area contributed by atoms with Crippen molar-refractivity contribution >= 4 is 11.8 Å². The van der Waals surface area contributed by atoms with Crippen molar-refractivity contribution in [2.75, 3.05) is 11.5 Å². The summed E-state index contributed by atoms with van der Waals surface area (Å²) in [5.74, 6) is 2.61. The first kappa shape index (κ1) is 7.03. The van der Waals surface area contributed by atoms with E-state index in [1.54, 1.807) is 6.20 Å². The largest absolute Gasteiger partial charge is 0.505 e. The Morgan fingerprint density at radius 2 is 2.64 bits per heavy atom. The van der Waals surface area contributed by atoms with Crippen LogP contribution in [0.4, 0.5) is 0 Å². The van der Waals surface area contributed by atoms with Gasteiger partial charge in [-0.15, -0.1) is 0 Å². The van der Waals surface area contributed by atoms with E-state index in [4.69, 9.17) is 5.11 Å². The van der Waals surface area contributed by atoms with Crippen molar-refractivity contribution in [1.82, 2.24) is 9.78 Å². The summed E-state index contributed by atoms with van der Waals surface area (Å²) in [6.45, 7) is 0. The first-order chi connectivity index (χ1) is 5.36. The Balaban J connectivity index is 2.15. The van der Waals surface area contributed by atoms with E-state index in [1.807, 2.05) is 16.4 Å². The lowest BCUT2D eigenvalue weighted by Gasteiger charge is -2.06. The average Bonchev–Trinajstić information content (AvgIpc) is 2.55. The molecular formula is C7H10N2OS. The van der Waals surface area contributed by atoms with Gasteiger partial charge in [0.2, 0.25) is 0 Å². The molecule has 1 saturated heterocycles. The molecule has 60 valence electrons. The van der Waals surface area contributed by atoms with Gasteiger partial charge in [-0.25, -0.2) is 0 Å². The van der Waals surface area contributed by atoms with E-state index in [2.05, 4.69) is 5.10 Å². The number of nitrogens with zero attached hydrogens (tertiary/aromatic N) is 2. The third-order valence-corrected chi connectivity index (χ3v) is 3.01. The first-order valence-electron chi connectivity index (χ1n) is 3.67. The monoisotopic (exact) mass is 170 g/mol. The highest BCUT2D eigenvalue weighted by Gasteiger charge is 2.17. The number of aromatic nitrogens is 2. The number of rotatable bonds is 1. The Morgan fingerprint density at radius 3 is 3.18 bits per heavy atom. The predicted molar refractivity (Wildman–Crippen MR) is 44.9 cm³/mol. The third-order valence-electron chi connectivity index (χ3n) is 1.87. The van der Waals surface area contributed by atoms with Crippen LogP contribution in [-0.2, 0) is 0 Å². The zero-order valence-corrected chi connectivity index (χ0v) is 6.92. The lowest BCUT2D eigenvalue weighted by Crippen LogP contribution is -2.07. The van der Waals surface area contributed by atoms with E-state index in [0.29, 0.717) is 6.04 Å². The molecule has 1 aromatic rings.